The van der Waals surface area contributed by atoms with Crippen molar-refractivity contribution in [3.05, 3.63) is 54.2 Å². The molecule has 32 heavy (non-hydrogen) atoms. The van der Waals surface area contributed by atoms with Crippen molar-refractivity contribution in [2.45, 2.75) is 29.1 Å². The maximum Gasteiger partial charge on any atom is 0.411 e. The van der Waals surface area contributed by atoms with Crippen molar-refractivity contribution in [3.63, 3.8) is 0 Å². The number of rotatable bonds is 10. The molecular formula is C21H26F3N3O3S2. The van der Waals surface area contributed by atoms with Crippen LogP contribution >= 0.6 is 11.8 Å². The highest BCUT2D eigenvalue weighted by atomic mass is 32.2. The van der Waals surface area contributed by atoms with Gasteiger partial charge in [-0.2, -0.15) is 17.5 Å². The molecular weight excluding hydrogens is 463 g/mol. The molecule has 1 fully saturated rings. The molecule has 1 aliphatic rings. The molecule has 0 saturated carbocycles. The number of alkyl halides is 3. The smallest absolute Gasteiger partial charge is 0.372 e. The first-order chi connectivity index (χ1) is 15.2. The molecule has 0 atom stereocenters. The number of halogens is 3. The van der Waals surface area contributed by atoms with Gasteiger partial charge in [0.1, 0.15) is 11.5 Å². The number of hydrogen-bond acceptors (Lipinski definition) is 6. The minimum atomic E-state index is -4.31. The van der Waals surface area contributed by atoms with E-state index in [1.165, 1.54) is 33.9 Å². The predicted octanol–water partition coefficient (Wildman–Crippen LogP) is 3.65. The molecule has 3 rings (SSSR count). The maximum atomic E-state index is 12.9. The van der Waals surface area contributed by atoms with Crippen LogP contribution in [0.1, 0.15) is 12.0 Å². The van der Waals surface area contributed by atoms with Crippen LogP contribution < -0.4 is 0 Å². The van der Waals surface area contributed by atoms with E-state index in [2.05, 4.69) is 26.8 Å². The Morgan fingerprint density at radius 2 is 1.75 bits per heavy atom. The molecule has 11 heteroatoms. The van der Waals surface area contributed by atoms with Crippen LogP contribution in [0.4, 0.5) is 13.2 Å². The summed E-state index contributed by atoms with van der Waals surface area (Å²) >= 11 is 1.35. The fourth-order valence-corrected chi connectivity index (χ4v) is 5.38. The minimum Gasteiger partial charge on any atom is -0.372 e. The summed E-state index contributed by atoms with van der Waals surface area (Å²) < 4.78 is 67.9. The molecule has 0 unspecified atom stereocenters. The van der Waals surface area contributed by atoms with Gasteiger partial charge >= 0.3 is 6.18 Å². The van der Waals surface area contributed by atoms with Crippen LogP contribution in [0.2, 0.25) is 0 Å². The molecule has 1 aliphatic heterocycles. The lowest BCUT2D eigenvalue weighted by molar-refractivity contribution is -0.173. The van der Waals surface area contributed by atoms with Crippen LogP contribution in [0.3, 0.4) is 0 Å². The lowest BCUT2D eigenvalue weighted by Crippen LogP contribution is -2.48. The zero-order valence-corrected chi connectivity index (χ0v) is 19.1. The fourth-order valence-electron chi connectivity index (χ4n) is 3.25. The highest BCUT2D eigenvalue weighted by Crippen LogP contribution is 2.22. The zero-order chi connectivity index (χ0) is 23.0. The number of nitrogens with zero attached hydrogens (tertiary/aromatic N) is 3. The summed E-state index contributed by atoms with van der Waals surface area (Å²) in [5.74, 6) is 0.528. The van der Waals surface area contributed by atoms with Gasteiger partial charge in [0.25, 0.3) is 0 Å². The average Bonchev–Trinajstić information content (AvgIpc) is 2.77. The van der Waals surface area contributed by atoms with Crippen molar-refractivity contribution in [3.8, 4) is 0 Å². The minimum absolute atomic E-state index is 0.00915. The van der Waals surface area contributed by atoms with Gasteiger partial charge in [0.2, 0.25) is 10.0 Å². The van der Waals surface area contributed by atoms with E-state index in [0.29, 0.717) is 43.4 Å². The molecule has 0 spiro atoms. The Hall–Kier alpha value is -1.66. The van der Waals surface area contributed by atoms with E-state index in [1.807, 2.05) is 18.2 Å². The van der Waals surface area contributed by atoms with Crippen LogP contribution in [0.5, 0.6) is 0 Å². The second-order valence-electron chi connectivity index (χ2n) is 7.37. The van der Waals surface area contributed by atoms with Crippen LogP contribution in [-0.4, -0.2) is 73.9 Å². The summed E-state index contributed by atoms with van der Waals surface area (Å²) in [5.41, 5.74) is 1.20. The van der Waals surface area contributed by atoms with Gasteiger partial charge in [-0.15, -0.1) is 11.8 Å². The molecule has 1 saturated heterocycles. The lowest BCUT2D eigenvalue weighted by Gasteiger charge is -2.33. The summed E-state index contributed by atoms with van der Waals surface area (Å²) in [7, 11) is -3.61. The third-order valence-corrected chi connectivity index (χ3v) is 7.79. The van der Waals surface area contributed by atoms with Crippen molar-refractivity contribution in [2.24, 2.45) is 0 Å². The molecule has 0 N–H and O–H groups in total. The standard InChI is InChI=1S/C21H26F3N3O3S2/c22-21(23,24)17-30-13-4-14-31-20-8-7-19(15-25-20)32(28,29)27-11-9-26(10-12-27)16-18-5-2-1-3-6-18/h1-3,5-8,15H,4,9-14,16-17H2. The Morgan fingerprint density at radius 3 is 2.38 bits per heavy atom. The molecule has 1 aromatic carbocycles. The molecule has 1 aromatic heterocycles. The second kappa shape index (κ2) is 11.5. The van der Waals surface area contributed by atoms with Crippen molar-refractivity contribution in [1.29, 1.82) is 0 Å². The molecule has 6 nitrogen and oxygen atoms in total. The number of hydrogen-bond donors (Lipinski definition) is 0. The Bertz CT molecular complexity index is 934. The number of sulfonamides is 1. The van der Waals surface area contributed by atoms with Crippen LogP contribution in [0.15, 0.2) is 58.6 Å². The van der Waals surface area contributed by atoms with Crippen LogP contribution in [0.25, 0.3) is 0 Å². The molecule has 0 bridgehead atoms. The first kappa shape index (κ1) is 25.0. The molecule has 2 heterocycles. The molecule has 0 radical (unpaired) electrons. The third kappa shape index (κ3) is 7.73. The number of benzene rings is 1. The summed E-state index contributed by atoms with van der Waals surface area (Å²) in [6, 6.07) is 13.2. The van der Waals surface area contributed by atoms with Crippen LogP contribution in [0, 0.1) is 0 Å². The van der Waals surface area contributed by atoms with E-state index in [4.69, 9.17) is 0 Å². The van der Waals surface area contributed by atoms with E-state index in [9.17, 15) is 21.6 Å². The third-order valence-electron chi connectivity index (χ3n) is 4.88. The SMILES string of the molecule is O=S(=O)(c1ccc(SCCCOCC(F)(F)F)nc1)N1CCN(Cc2ccccc2)CC1. The topological polar surface area (TPSA) is 62.7 Å². The zero-order valence-electron chi connectivity index (χ0n) is 17.5. The quantitative estimate of drug-likeness (QED) is 0.375. The number of thioether (sulfide) groups is 1. The number of ether oxygens (including phenoxy) is 1. The van der Waals surface area contributed by atoms with E-state index in [-0.39, 0.29) is 11.5 Å². The molecule has 176 valence electrons. The molecule has 0 amide bonds. The normalized spacial score (nSPS) is 16.3. The van der Waals surface area contributed by atoms with Gasteiger partial charge in [-0.05, 0) is 24.1 Å². The summed E-state index contributed by atoms with van der Waals surface area (Å²) in [5, 5.41) is 0.618. The fraction of sp³-hybridized carbons (Fsp3) is 0.476. The Morgan fingerprint density at radius 1 is 1.03 bits per heavy atom. The number of aromatic nitrogens is 1. The first-order valence-corrected chi connectivity index (χ1v) is 12.7. The van der Waals surface area contributed by atoms with Gasteiger partial charge in [0.05, 0.1) is 5.03 Å². The highest BCUT2D eigenvalue weighted by molar-refractivity contribution is 7.99. The van der Waals surface area contributed by atoms with Crippen molar-refractivity contribution in [2.75, 3.05) is 45.1 Å². The lowest BCUT2D eigenvalue weighted by atomic mass is 10.2. The van der Waals surface area contributed by atoms with E-state index >= 15 is 0 Å². The summed E-state index contributed by atoms with van der Waals surface area (Å²) in [4.78, 5) is 6.57. The van der Waals surface area contributed by atoms with Crippen molar-refractivity contribution < 1.29 is 26.3 Å². The summed E-state index contributed by atoms with van der Waals surface area (Å²) in [6.45, 7) is 1.71. The number of piperazine rings is 1. The monoisotopic (exact) mass is 489 g/mol. The van der Waals surface area contributed by atoms with Gasteiger partial charge in [-0.25, -0.2) is 13.4 Å². The van der Waals surface area contributed by atoms with E-state index in [1.54, 1.807) is 6.07 Å². The predicted molar refractivity (Wildman–Crippen MR) is 117 cm³/mol. The Balaban J connectivity index is 1.43. The van der Waals surface area contributed by atoms with Gasteiger partial charge in [-0.1, -0.05) is 30.3 Å². The van der Waals surface area contributed by atoms with E-state index in [0.717, 1.165) is 6.54 Å². The van der Waals surface area contributed by atoms with Gasteiger partial charge in [0.15, 0.2) is 0 Å². The highest BCUT2D eigenvalue weighted by Gasteiger charge is 2.29. The van der Waals surface area contributed by atoms with Crippen molar-refractivity contribution in [1.82, 2.24) is 14.2 Å². The average molecular weight is 490 g/mol. The Kier molecular flexibility index (Phi) is 8.95. The van der Waals surface area contributed by atoms with Gasteiger partial charge in [-0.3, -0.25) is 4.90 Å². The maximum absolute atomic E-state index is 12.9. The van der Waals surface area contributed by atoms with Crippen LogP contribution in [-0.2, 0) is 21.3 Å². The van der Waals surface area contributed by atoms with Gasteiger partial charge in [0, 0.05) is 51.3 Å². The molecule has 2 aromatic rings. The van der Waals surface area contributed by atoms with E-state index < -0.39 is 22.8 Å². The Labute approximate surface area is 190 Å². The second-order valence-corrected chi connectivity index (χ2v) is 10.4. The summed E-state index contributed by atoms with van der Waals surface area (Å²) in [6.07, 6.45) is -2.53. The van der Waals surface area contributed by atoms with Crippen molar-refractivity contribution >= 4 is 21.8 Å². The largest absolute Gasteiger partial charge is 0.411 e. The molecule has 0 aliphatic carbocycles. The first-order valence-electron chi connectivity index (χ1n) is 10.2. The number of pyridine rings is 1. The van der Waals surface area contributed by atoms with Gasteiger partial charge < -0.3 is 4.74 Å².